The highest BCUT2D eigenvalue weighted by molar-refractivity contribution is 5.99. The highest BCUT2D eigenvalue weighted by Crippen LogP contribution is 2.06. The average molecular weight is 276 g/mol. The Morgan fingerprint density at radius 1 is 1.10 bits per heavy atom. The van der Waals surface area contributed by atoms with E-state index in [1.54, 1.807) is 24.3 Å². The Labute approximate surface area is 121 Å². The fourth-order valence-electron chi connectivity index (χ4n) is 1.61. The molecule has 0 radical (unpaired) electrons. The van der Waals surface area contributed by atoms with E-state index in [1.807, 2.05) is 27.7 Å². The third-order valence-corrected chi connectivity index (χ3v) is 3.05. The fraction of sp³-hybridized carbons (Fsp3) is 0.500. The smallest absolute Gasteiger partial charge is 0.251 e. The van der Waals surface area contributed by atoms with E-state index in [2.05, 4.69) is 10.6 Å². The molecule has 0 aliphatic carbocycles. The molecular formula is C16H24N2O2. The van der Waals surface area contributed by atoms with Crippen LogP contribution in [-0.2, 0) is 0 Å². The zero-order valence-corrected chi connectivity index (χ0v) is 12.7. The number of benzene rings is 1. The third-order valence-electron chi connectivity index (χ3n) is 3.05. The topological polar surface area (TPSA) is 58.2 Å². The van der Waals surface area contributed by atoms with Crippen molar-refractivity contribution < 1.29 is 9.59 Å². The van der Waals surface area contributed by atoms with Gasteiger partial charge in [0.25, 0.3) is 11.8 Å². The molecule has 2 N–H and O–H groups in total. The molecule has 0 bridgehead atoms. The van der Waals surface area contributed by atoms with Crippen LogP contribution in [0.1, 0.15) is 54.8 Å². The van der Waals surface area contributed by atoms with Gasteiger partial charge in [0.15, 0.2) is 0 Å². The second kappa shape index (κ2) is 7.68. The highest BCUT2D eigenvalue weighted by Gasteiger charge is 2.12. The number of rotatable bonds is 6. The monoisotopic (exact) mass is 276 g/mol. The Balaban J connectivity index is 2.74. The number of carbonyl (C=O) groups excluding carboxylic acids is 2. The lowest BCUT2D eigenvalue weighted by atomic mass is 10.1. The van der Waals surface area contributed by atoms with E-state index in [0.29, 0.717) is 23.6 Å². The predicted molar refractivity (Wildman–Crippen MR) is 80.8 cm³/mol. The standard InChI is InChI=1S/C16H24N2O2/c1-5-12(4)18-16(20)14-8-6-7-13(9-14)15(19)17-10-11(2)3/h6-9,11-12H,5,10H2,1-4H3,(H,17,19)(H,18,20). The van der Waals surface area contributed by atoms with Crippen molar-refractivity contribution in [1.82, 2.24) is 10.6 Å². The van der Waals surface area contributed by atoms with E-state index in [1.165, 1.54) is 0 Å². The van der Waals surface area contributed by atoms with Gasteiger partial charge in [0.1, 0.15) is 0 Å². The normalized spacial score (nSPS) is 12.1. The van der Waals surface area contributed by atoms with Crippen LogP contribution in [0.25, 0.3) is 0 Å². The summed E-state index contributed by atoms with van der Waals surface area (Å²) in [5, 5.41) is 5.74. The predicted octanol–water partition coefficient (Wildman–Crippen LogP) is 2.60. The summed E-state index contributed by atoms with van der Waals surface area (Å²) in [6.07, 6.45) is 0.875. The first-order valence-corrected chi connectivity index (χ1v) is 7.13. The van der Waals surface area contributed by atoms with E-state index in [9.17, 15) is 9.59 Å². The van der Waals surface area contributed by atoms with Crippen molar-refractivity contribution >= 4 is 11.8 Å². The van der Waals surface area contributed by atoms with Crippen LogP contribution in [0, 0.1) is 5.92 Å². The molecule has 2 amide bonds. The van der Waals surface area contributed by atoms with Crippen LogP contribution in [-0.4, -0.2) is 24.4 Å². The summed E-state index contributed by atoms with van der Waals surface area (Å²) in [4.78, 5) is 24.0. The first-order chi connectivity index (χ1) is 9.43. The van der Waals surface area contributed by atoms with Gasteiger partial charge in [0.2, 0.25) is 0 Å². The number of amides is 2. The van der Waals surface area contributed by atoms with Gasteiger partial charge in [-0.15, -0.1) is 0 Å². The molecule has 1 rings (SSSR count). The Hall–Kier alpha value is -1.84. The molecule has 0 spiro atoms. The highest BCUT2D eigenvalue weighted by atomic mass is 16.2. The Morgan fingerprint density at radius 2 is 1.70 bits per heavy atom. The quantitative estimate of drug-likeness (QED) is 0.839. The first-order valence-electron chi connectivity index (χ1n) is 7.13. The maximum Gasteiger partial charge on any atom is 0.251 e. The third kappa shape index (κ3) is 5.03. The summed E-state index contributed by atoms with van der Waals surface area (Å²) in [5.41, 5.74) is 1.03. The number of nitrogens with one attached hydrogen (secondary N) is 2. The molecule has 0 aromatic heterocycles. The van der Waals surface area contributed by atoms with Crippen LogP contribution >= 0.6 is 0 Å². The zero-order valence-electron chi connectivity index (χ0n) is 12.7. The van der Waals surface area contributed by atoms with Crippen molar-refractivity contribution in [3.8, 4) is 0 Å². The van der Waals surface area contributed by atoms with Crippen LogP contribution in [0.15, 0.2) is 24.3 Å². The van der Waals surface area contributed by atoms with Crippen molar-refractivity contribution in [3.05, 3.63) is 35.4 Å². The van der Waals surface area contributed by atoms with E-state index >= 15 is 0 Å². The summed E-state index contributed by atoms with van der Waals surface area (Å²) in [6.45, 7) is 8.67. The maximum atomic E-state index is 12.0. The van der Waals surface area contributed by atoms with Crippen LogP contribution in [0.2, 0.25) is 0 Å². The van der Waals surface area contributed by atoms with Gasteiger partial charge >= 0.3 is 0 Å². The molecular weight excluding hydrogens is 252 g/mol. The second-order valence-corrected chi connectivity index (χ2v) is 5.47. The number of hydrogen-bond acceptors (Lipinski definition) is 2. The summed E-state index contributed by atoms with van der Waals surface area (Å²) in [7, 11) is 0. The van der Waals surface area contributed by atoms with Crippen molar-refractivity contribution in [3.63, 3.8) is 0 Å². The molecule has 1 atom stereocenters. The molecule has 1 unspecified atom stereocenters. The Morgan fingerprint density at radius 3 is 2.25 bits per heavy atom. The zero-order chi connectivity index (χ0) is 15.1. The van der Waals surface area contributed by atoms with Gasteiger partial charge < -0.3 is 10.6 Å². The van der Waals surface area contributed by atoms with E-state index in [0.717, 1.165) is 6.42 Å². The van der Waals surface area contributed by atoms with Gasteiger partial charge in [-0.05, 0) is 37.5 Å². The molecule has 0 fully saturated rings. The minimum absolute atomic E-state index is 0.126. The fourth-order valence-corrected chi connectivity index (χ4v) is 1.61. The lowest BCUT2D eigenvalue weighted by Gasteiger charge is -2.12. The first kappa shape index (κ1) is 16.2. The van der Waals surface area contributed by atoms with Crippen molar-refractivity contribution in [1.29, 1.82) is 0 Å². The van der Waals surface area contributed by atoms with Crippen LogP contribution in [0.4, 0.5) is 0 Å². The van der Waals surface area contributed by atoms with Crippen LogP contribution < -0.4 is 10.6 Å². The van der Waals surface area contributed by atoms with Crippen molar-refractivity contribution in [2.45, 2.75) is 40.2 Å². The van der Waals surface area contributed by atoms with Gasteiger partial charge in [-0.3, -0.25) is 9.59 Å². The van der Waals surface area contributed by atoms with Crippen molar-refractivity contribution in [2.24, 2.45) is 5.92 Å². The lowest BCUT2D eigenvalue weighted by molar-refractivity contribution is 0.0939. The summed E-state index contributed by atoms with van der Waals surface area (Å²) >= 11 is 0. The minimum atomic E-state index is -0.142. The van der Waals surface area contributed by atoms with E-state index in [4.69, 9.17) is 0 Å². The van der Waals surface area contributed by atoms with Crippen LogP contribution in [0.3, 0.4) is 0 Å². The average Bonchev–Trinajstić information content (AvgIpc) is 2.44. The van der Waals surface area contributed by atoms with E-state index < -0.39 is 0 Å². The largest absolute Gasteiger partial charge is 0.352 e. The van der Waals surface area contributed by atoms with E-state index in [-0.39, 0.29) is 17.9 Å². The molecule has 20 heavy (non-hydrogen) atoms. The maximum absolute atomic E-state index is 12.0. The lowest BCUT2D eigenvalue weighted by Crippen LogP contribution is -2.32. The molecule has 1 aromatic carbocycles. The summed E-state index contributed by atoms with van der Waals surface area (Å²) in [6, 6.07) is 6.93. The van der Waals surface area contributed by atoms with Gasteiger partial charge in [0, 0.05) is 23.7 Å². The SMILES string of the molecule is CCC(C)NC(=O)c1cccc(C(=O)NCC(C)C)c1. The molecule has 0 aliphatic rings. The Kier molecular flexibility index (Phi) is 6.22. The molecule has 0 saturated heterocycles. The van der Waals surface area contributed by atoms with Gasteiger partial charge in [-0.1, -0.05) is 26.8 Å². The van der Waals surface area contributed by atoms with Crippen molar-refractivity contribution in [2.75, 3.05) is 6.54 Å². The number of carbonyl (C=O) groups is 2. The molecule has 4 nitrogen and oxygen atoms in total. The van der Waals surface area contributed by atoms with Gasteiger partial charge in [-0.2, -0.15) is 0 Å². The molecule has 0 saturated carbocycles. The Bertz CT molecular complexity index is 469. The second-order valence-electron chi connectivity index (χ2n) is 5.47. The van der Waals surface area contributed by atoms with Gasteiger partial charge in [-0.25, -0.2) is 0 Å². The minimum Gasteiger partial charge on any atom is -0.352 e. The number of hydrogen-bond donors (Lipinski definition) is 2. The van der Waals surface area contributed by atoms with Gasteiger partial charge in [0.05, 0.1) is 0 Å². The molecule has 1 aromatic rings. The molecule has 4 heteroatoms. The summed E-state index contributed by atoms with van der Waals surface area (Å²) in [5.74, 6) is 0.116. The summed E-state index contributed by atoms with van der Waals surface area (Å²) < 4.78 is 0. The molecule has 0 aliphatic heterocycles. The van der Waals surface area contributed by atoms with Crippen LogP contribution in [0.5, 0.6) is 0 Å². The molecule has 110 valence electrons. The molecule has 0 heterocycles.